The van der Waals surface area contributed by atoms with E-state index in [1.165, 1.54) is 12.8 Å². The molecule has 30 heavy (non-hydrogen) atoms. The van der Waals surface area contributed by atoms with Gasteiger partial charge in [-0.05, 0) is 66.8 Å². The predicted octanol–water partition coefficient (Wildman–Crippen LogP) is 4.92. The fraction of sp³-hybridized carbons (Fsp3) is 0.250. The molecule has 0 radical (unpaired) electrons. The molecular formula is C24H24N2O4. The monoisotopic (exact) mass is 404 g/mol. The number of carboxylic acids is 1. The topological polar surface area (TPSA) is 71.9 Å². The Kier molecular flexibility index (Phi) is 5.84. The first-order valence-electron chi connectivity index (χ1n) is 9.94. The van der Waals surface area contributed by atoms with Crippen LogP contribution in [0.5, 0.6) is 11.5 Å². The van der Waals surface area contributed by atoms with Crippen molar-refractivity contribution >= 4 is 17.3 Å². The molecule has 0 amide bonds. The standard InChI is InChI=1S/C24H24N2O4/c1-29-22-11-10-21(13-23(22)30-16-17-4-5-17)26(15-18-3-2-12-25-14-18)20-8-6-19(7-9-20)24(27)28/h2-3,6-14,17H,4-5,15-16H2,1H3,(H,27,28). The second kappa shape index (κ2) is 8.86. The molecule has 1 heterocycles. The van der Waals surface area contributed by atoms with Gasteiger partial charge in [0.15, 0.2) is 11.5 Å². The molecule has 1 saturated carbocycles. The number of carbonyl (C=O) groups is 1. The van der Waals surface area contributed by atoms with E-state index in [1.54, 1.807) is 25.4 Å². The van der Waals surface area contributed by atoms with Crippen LogP contribution in [0, 0.1) is 5.92 Å². The van der Waals surface area contributed by atoms with Crippen molar-refractivity contribution in [1.29, 1.82) is 0 Å². The number of methoxy groups -OCH3 is 1. The summed E-state index contributed by atoms with van der Waals surface area (Å²) in [6, 6.07) is 16.6. The molecule has 1 N–H and O–H groups in total. The number of hydrogen-bond donors (Lipinski definition) is 1. The first kappa shape index (κ1) is 19.8. The van der Waals surface area contributed by atoms with Crippen molar-refractivity contribution in [3.63, 3.8) is 0 Å². The number of rotatable bonds is 9. The summed E-state index contributed by atoms with van der Waals surface area (Å²) < 4.78 is 11.5. The summed E-state index contributed by atoms with van der Waals surface area (Å²) in [5.74, 6) is 1.09. The molecule has 1 aliphatic rings. The minimum absolute atomic E-state index is 0.253. The Balaban J connectivity index is 1.68. The molecule has 0 unspecified atom stereocenters. The number of ether oxygens (including phenoxy) is 2. The van der Waals surface area contributed by atoms with Crippen molar-refractivity contribution < 1.29 is 19.4 Å². The summed E-state index contributed by atoms with van der Waals surface area (Å²) >= 11 is 0. The van der Waals surface area contributed by atoms with E-state index in [0.29, 0.717) is 30.6 Å². The van der Waals surface area contributed by atoms with Crippen molar-refractivity contribution in [1.82, 2.24) is 4.98 Å². The lowest BCUT2D eigenvalue weighted by atomic mass is 10.1. The molecule has 0 aliphatic heterocycles. The molecule has 4 rings (SSSR count). The zero-order valence-electron chi connectivity index (χ0n) is 16.8. The second-order valence-corrected chi connectivity index (χ2v) is 7.39. The molecular weight excluding hydrogens is 380 g/mol. The Morgan fingerprint density at radius 1 is 1.10 bits per heavy atom. The first-order chi connectivity index (χ1) is 14.6. The van der Waals surface area contributed by atoms with Gasteiger partial charge in [-0.2, -0.15) is 0 Å². The normalized spacial score (nSPS) is 13.0. The lowest BCUT2D eigenvalue weighted by Crippen LogP contribution is -2.17. The predicted molar refractivity (Wildman–Crippen MR) is 115 cm³/mol. The number of anilines is 2. The van der Waals surface area contributed by atoms with E-state index in [1.807, 2.05) is 48.7 Å². The Morgan fingerprint density at radius 2 is 1.87 bits per heavy atom. The zero-order chi connectivity index (χ0) is 20.9. The molecule has 2 aromatic carbocycles. The number of benzene rings is 2. The summed E-state index contributed by atoms with van der Waals surface area (Å²) in [6.07, 6.45) is 6.00. The lowest BCUT2D eigenvalue weighted by molar-refractivity contribution is 0.0697. The molecule has 0 atom stereocenters. The van der Waals surface area contributed by atoms with E-state index >= 15 is 0 Å². The van der Waals surface area contributed by atoms with Gasteiger partial charge in [0.05, 0.1) is 19.3 Å². The van der Waals surface area contributed by atoms with Crippen LogP contribution >= 0.6 is 0 Å². The van der Waals surface area contributed by atoms with Crippen molar-refractivity contribution in [3.8, 4) is 11.5 Å². The van der Waals surface area contributed by atoms with Crippen LogP contribution in [0.4, 0.5) is 11.4 Å². The third-order valence-electron chi connectivity index (χ3n) is 5.12. The minimum Gasteiger partial charge on any atom is -0.493 e. The molecule has 1 aromatic heterocycles. The second-order valence-electron chi connectivity index (χ2n) is 7.39. The minimum atomic E-state index is -0.944. The molecule has 3 aromatic rings. The largest absolute Gasteiger partial charge is 0.493 e. The smallest absolute Gasteiger partial charge is 0.335 e. The van der Waals surface area contributed by atoms with Gasteiger partial charge >= 0.3 is 5.97 Å². The van der Waals surface area contributed by atoms with Crippen molar-refractivity contribution in [2.24, 2.45) is 5.92 Å². The summed E-state index contributed by atoms with van der Waals surface area (Å²) in [7, 11) is 1.64. The van der Waals surface area contributed by atoms with Crippen molar-refractivity contribution in [2.45, 2.75) is 19.4 Å². The van der Waals surface area contributed by atoms with E-state index in [0.717, 1.165) is 16.9 Å². The summed E-state index contributed by atoms with van der Waals surface area (Å²) in [5, 5.41) is 9.22. The van der Waals surface area contributed by atoms with Gasteiger partial charge in [-0.3, -0.25) is 4.98 Å². The Bertz CT molecular complexity index is 1000. The number of aromatic nitrogens is 1. The highest BCUT2D eigenvalue weighted by Crippen LogP contribution is 2.37. The Labute approximate surface area is 175 Å². The van der Waals surface area contributed by atoms with Crippen LogP contribution in [0.2, 0.25) is 0 Å². The number of carboxylic acid groups (broad SMARTS) is 1. The highest BCUT2D eigenvalue weighted by atomic mass is 16.5. The van der Waals surface area contributed by atoms with Gasteiger partial charge < -0.3 is 19.5 Å². The fourth-order valence-electron chi connectivity index (χ4n) is 3.23. The van der Waals surface area contributed by atoms with Crippen LogP contribution in [-0.4, -0.2) is 29.8 Å². The molecule has 1 aliphatic carbocycles. The van der Waals surface area contributed by atoms with Gasteiger partial charge in [-0.25, -0.2) is 4.79 Å². The van der Waals surface area contributed by atoms with Crippen LogP contribution in [0.25, 0.3) is 0 Å². The van der Waals surface area contributed by atoms with E-state index < -0.39 is 5.97 Å². The zero-order valence-corrected chi connectivity index (χ0v) is 16.8. The average molecular weight is 404 g/mol. The van der Waals surface area contributed by atoms with Gasteiger partial charge in [-0.1, -0.05) is 6.07 Å². The number of hydrogen-bond acceptors (Lipinski definition) is 5. The molecule has 0 bridgehead atoms. The maximum Gasteiger partial charge on any atom is 0.335 e. The molecule has 154 valence electrons. The van der Waals surface area contributed by atoms with E-state index in [2.05, 4.69) is 9.88 Å². The van der Waals surface area contributed by atoms with E-state index in [9.17, 15) is 9.90 Å². The maximum absolute atomic E-state index is 11.2. The first-order valence-corrected chi connectivity index (χ1v) is 9.94. The SMILES string of the molecule is COc1ccc(N(Cc2cccnc2)c2ccc(C(=O)O)cc2)cc1OCC1CC1. The molecule has 6 heteroatoms. The van der Waals surface area contributed by atoms with Crippen molar-refractivity contribution in [3.05, 3.63) is 78.1 Å². The van der Waals surface area contributed by atoms with Gasteiger partial charge in [0, 0.05) is 36.4 Å². The maximum atomic E-state index is 11.2. The van der Waals surface area contributed by atoms with Crippen LogP contribution in [0.3, 0.4) is 0 Å². The Hall–Kier alpha value is -3.54. The highest BCUT2D eigenvalue weighted by Gasteiger charge is 2.23. The molecule has 0 spiro atoms. The third-order valence-corrected chi connectivity index (χ3v) is 5.12. The van der Waals surface area contributed by atoms with E-state index in [4.69, 9.17) is 9.47 Å². The van der Waals surface area contributed by atoms with E-state index in [-0.39, 0.29) is 5.56 Å². The average Bonchev–Trinajstić information content (AvgIpc) is 3.61. The van der Waals surface area contributed by atoms with Crippen LogP contribution < -0.4 is 14.4 Å². The quantitative estimate of drug-likeness (QED) is 0.546. The summed E-state index contributed by atoms with van der Waals surface area (Å²) in [6.45, 7) is 1.27. The third kappa shape index (κ3) is 4.71. The van der Waals surface area contributed by atoms with Crippen LogP contribution in [0.1, 0.15) is 28.8 Å². The van der Waals surface area contributed by atoms with Crippen LogP contribution in [-0.2, 0) is 6.54 Å². The molecule has 1 fully saturated rings. The number of pyridine rings is 1. The number of aromatic carboxylic acids is 1. The lowest BCUT2D eigenvalue weighted by Gasteiger charge is -2.26. The van der Waals surface area contributed by atoms with Gasteiger partial charge in [-0.15, -0.1) is 0 Å². The van der Waals surface area contributed by atoms with Crippen molar-refractivity contribution in [2.75, 3.05) is 18.6 Å². The van der Waals surface area contributed by atoms with Crippen LogP contribution in [0.15, 0.2) is 67.0 Å². The van der Waals surface area contributed by atoms with Gasteiger partial charge in [0.1, 0.15) is 0 Å². The molecule has 0 saturated heterocycles. The Morgan fingerprint density at radius 3 is 2.50 bits per heavy atom. The number of nitrogens with zero attached hydrogens (tertiary/aromatic N) is 2. The summed E-state index contributed by atoms with van der Waals surface area (Å²) in [5.41, 5.74) is 3.09. The van der Waals surface area contributed by atoms with Gasteiger partial charge in [0.25, 0.3) is 0 Å². The van der Waals surface area contributed by atoms with Gasteiger partial charge in [0.2, 0.25) is 0 Å². The fourth-order valence-corrected chi connectivity index (χ4v) is 3.23. The molecule has 6 nitrogen and oxygen atoms in total. The highest BCUT2D eigenvalue weighted by molar-refractivity contribution is 5.88. The summed E-state index contributed by atoms with van der Waals surface area (Å²) in [4.78, 5) is 17.6.